The van der Waals surface area contributed by atoms with Gasteiger partial charge in [-0.2, -0.15) is 0 Å². The molecule has 0 unspecified atom stereocenters. The highest BCUT2D eigenvalue weighted by Gasteiger charge is 2.25. The Labute approximate surface area is 83.8 Å². The molecule has 0 bridgehead atoms. The maximum absolute atomic E-state index is 12.3. The second-order valence-electron chi connectivity index (χ2n) is 2.78. The summed E-state index contributed by atoms with van der Waals surface area (Å²) in [6.45, 7) is 1.44. The van der Waals surface area contributed by atoms with E-state index in [0.717, 1.165) is 6.07 Å². The fraction of sp³-hybridized carbons (Fsp3) is 0.375. The lowest BCUT2D eigenvalue weighted by atomic mass is 10.2. The normalized spacial score (nSPS) is 10.5. The fourth-order valence-corrected chi connectivity index (χ4v) is 1.16. The van der Waals surface area contributed by atoms with Crippen LogP contribution in [0.2, 0.25) is 0 Å². The van der Waals surface area contributed by atoms with Crippen LogP contribution in [0.15, 0.2) is 6.07 Å². The number of aromatic nitrogens is 1. The first kappa shape index (κ1) is 11.3. The van der Waals surface area contributed by atoms with E-state index in [1.165, 1.54) is 14.0 Å². The van der Waals surface area contributed by atoms with Gasteiger partial charge in [-0.3, -0.25) is 0 Å². The van der Waals surface area contributed by atoms with Gasteiger partial charge in [0.15, 0.2) is 0 Å². The van der Waals surface area contributed by atoms with E-state index in [1.54, 1.807) is 0 Å². The SMILES string of the molecule is COc1c(C)cc(C(F)F)nc1[N+](=O)[O-]. The first-order valence-electron chi connectivity index (χ1n) is 3.95. The van der Waals surface area contributed by atoms with Crippen molar-refractivity contribution in [3.05, 3.63) is 27.4 Å². The summed E-state index contributed by atoms with van der Waals surface area (Å²) >= 11 is 0. The molecule has 0 saturated heterocycles. The highest BCUT2D eigenvalue weighted by atomic mass is 19.3. The van der Waals surface area contributed by atoms with Gasteiger partial charge in [0.1, 0.15) is 0 Å². The number of hydrogen-bond donors (Lipinski definition) is 0. The smallest absolute Gasteiger partial charge is 0.406 e. The predicted molar refractivity (Wildman–Crippen MR) is 47.1 cm³/mol. The van der Waals surface area contributed by atoms with Crippen molar-refractivity contribution in [2.75, 3.05) is 7.11 Å². The van der Waals surface area contributed by atoms with Crippen molar-refractivity contribution in [1.29, 1.82) is 0 Å². The number of methoxy groups -OCH3 is 1. The Morgan fingerprint density at radius 1 is 1.60 bits per heavy atom. The van der Waals surface area contributed by atoms with Gasteiger partial charge in [-0.05, 0) is 22.9 Å². The summed E-state index contributed by atoms with van der Waals surface area (Å²) in [6, 6.07) is 1.07. The van der Waals surface area contributed by atoms with Crippen molar-refractivity contribution < 1.29 is 18.4 Å². The van der Waals surface area contributed by atoms with E-state index in [1.807, 2.05) is 0 Å². The number of ether oxygens (including phenoxy) is 1. The van der Waals surface area contributed by atoms with Gasteiger partial charge in [0.05, 0.1) is 7.11 Å². The number of nitrogens with zero attached hydrogens (tertiary/aromatic N) is 2. The zero-order valence-electron chi connectivity index (χ0n) is 8.03. The average Bonchev–Trinajstić information content (AvgIpc) is 2.16. The maximum Gasteiger partial charge on any atom is 0.406 e. The maximum atomic E-state index is 12.3. The first-order valence-corrected chi connectivity index (χ1v) is 3.95. The minimum atomic E-state index is -2.84. The summed E-state index contributed by atoms with van der Waals surface area (Å²) in [7, 11) is 1.22. The molecule has 0 fully saturated rings. The Bertz CT molecular complexity index is 396. The molecule has 0 aliphatic rings. The van der Waals surface area contributed by atoms with Gasteiger partial charge in [-0.15, -0.1) is 0 Å². The van der Waals surface area contributed by atoms with Gasteiger partial charge in [0.2, 0.25) is 11.4 Å². The third kappa shape index (κ3) is 2.17. The van der Waals surface area contributed by atoms with Crippen LogP contribution in [0.1, 0.15) is 17.7 Å². The molecular weight excluding hydrogens is 210 g/mol. The van der Waals surface area contributed by atoms with Gasteiger partial charge in [0, 0.05) is 5.56 Å². The predicted octanol–water partition coefficient (Wildman–Crippen LogP) is 2.24. The number of nitro groups is 1. The lowest BCUT2D eigenvalue weighted by Crippen LogP contribution is -2.02. The van der Waals surface area contributed by atoms with Crippen molar-refractivity contribution >= 4 is 5.82 Å². The molecule has 7 heteroatoms. The fourth-order valence-electron chi connectivity index (χ4n) is 1.16. The van der Waals surface area contributed by atoms with Crippen LogP contribution in [-0.4, -0.2) is 17.0 Å². The van der Waals surface area contributed by atoms with E-state index >= 15 is 0 Å². The topological polar surface area (TPSA) is 65.3 Å². The van der Waals surface area contributed by atoms with E-state index in [2.05, 4.69) is 4.98 Å². The van der Waals surface area contributed by atoms with Crippen molar-refractivity contribution in [3.63, 3.8) is 0 Å². The Morgan fingerprint density at radius 3 is 2.60 bits per heavy atom. The largest absolute Gasteiger partial charge is 0.489 e. The van der Waals surface area contributed by atoms with Crippen LogP contribution in [0, 0.1) is 17.0 Å². The molecule has 0 spiro atoms. The second-order valence-corrected chi connectivity index (χ2v) is 2.78. The zero-order valence-corrected chi connectivity index (χ0v) is 8.03. The molecule has 1 aromatic heterocycles. The van der Waals surface area contributed by atoms with Crippen LogP contribution >= 0.6 is 0 Å². The number of hydrogen-bond acceptors (Lipinski definition) is 4. The molecule has 0 radical (unpaired) electrons. The van der Waals surface area contributed by atoms with E-state index < -0.39 is 22.9 Å². The molecule has 82 valence electrons. The summed E-state index contributed by atoms with van der Waals surface area (Å²) in [5.41, 5.74) is -0.366. The quantitative estimate of drug-likeness (QED) is 0.576. The molecule has 1 heterocycles. The van der Waals surface area contributed by atoms with E-state index in [4.69, 9.17) is 4.74 Å². The molecule has 1 rings (SSSR count). The third-order valence-electron chi connectivity index (χ3n) is 1.76. The Hall–Kier alpha value is -1.79. The van der Waals surface area contributed by atoms with Crippen LogP contribution in [0.5, 0.6) is 5.75 Å². The van der Waals surface area contributed by atoms with Gasteiger partial charge < -0.3 is 14.9 Å². The lowest BCUT2D eigenvalue weighted by Gasteiger charge is -2.05. The van der Waals surface area contributed by atoms with Crippen molar-refractivity contribution in [2.24, 2.45) is 0 Å². The highest BCUT2D eigenvalue weighted by Crippen LogP contribution is 2.31. The molecule has 1 aromatic rings. The van der Waals surface area contributed by atoms with Crippen molar-refractivity contribution in [3.8, 4) is 5.75 Å². The van der Waals surface area contributed by atoms with Crippen molar-refractivity contribution in [2.45, 2.75) is 13.3 Å². The molecular formula is C8H8F2N2O3. The summed E-state index contributed by atoms with van der Waals surface area (Å²) in [5.74, 6) is -0.780. The van der Waals surface area contributed by atoms with Gasteiger partial charge in [-0.1, -0.05) is 0 Å². The summed E-state index contributed by atoms with van der Waals surface area (Å²) < 4.78 is 29.3. The minimum Gasteiger partial charge on any atom is -0.489 e. The van der Waals surface area contributed by atoms with E-state index in [0.29, 0.717) is 0 Å². The summed E-state index contributed by atoms with van der Waals surface area (Å²) in [6.07, 6.45) is -2.84. The number of alkyl halides is 2. The third-order valence-corrected chi connectivity index (χ3v) is 1.76. The molecule has 15 heavy (non-hydrogen) atoms. The number of pyridine rings is 1. The minimum absolute atomic E-state index is 0.0931. The van der Waals surface area contributed by atoms with Crippen LogP contribution < -0.4 is 4.74 Å². The number of halogens is 2. The van der Waals surface area contributed by atoms with E-state index in [9.17, 15) is 18.9 Å². The van der Waals surface area contributed by atoms with Crippen molar-refractivity contribution in [1.82, 2.24) is 4.98 Å². The Balaban J connectivity index is 3.38. The molecule has 0 atom stereocenters. The van der Waals surface area contributed by atoms with Crippen LogP contribution in [0.25, 0.3) is 0 Å². The van der Waals surface area contributed by atoms with Gasteiger partial charge in [0.25, 0.3) is 0 Å². The first-order chi connectivity index (χ1) is 6.97. The molecule has 0 aliphatic heterocycles. The summed E-state index contributed by atoms with van der Waals surface area (Å²) in [5, 5.41) is 10.5. The number of aryl methyl sites for hydroxylation is 1. The van der Waals surface area contributed by atoms with Gasteiger partial charge in [-0.25, -0.2) is 8.78 Å². The molecule has 5 nitrogen and oxygen atoms in total. The van der Waals surface area contributed by atoms with Crippen LogP contribution in [-0.2, 0) is 0 Å². The van der Waals surface area contributed by atoms with Gasteiger partial charge >= 0.3 is 12.2 Å². The standard InChI is InChI=1S/C8H8F2N2O3/c1-4-3-5(7(9)10)11-8(12(13)14)6(4)15-2/h3,7H,1-2H3. The lowest BCUT2D eigenvalue weighted by molar-refractivity contribution is -0.390. The summed E-state index contributed by atoms with van der Waals surface area (Å²) in [4.78, 5) is 12.9. The Morgan fingerprint density at radius 2 is 2.20 bits per heavy atom. The number of rotatable bonds is 3. The highest BCUT2D eigenvalue weighted by molar-refractivity contribution is 5.47. The van der Waals surface area contributed by atoms with Crippen LogP contribution in [0.4, 0.5) is 14.6 Å². The molecule has 0 aliphatic carbocycles. The molecule has 0 N–H and O–H groups in total. The monoisotopic (exact) mass is 218 g/mol. The average molecular weight is 218 g/mol. The molecule has 0 saturated carbocycles. The Kier molecular flexibility index (Phi) is 3.13. The molecule has 0 amide bonds. The molecule has 0 aromatic carbocycles. The zero-order chi connectivity index (χ0) is 11.6. The second kappa shape index (κ2) is 4.16. The van der Waals surface area contributed by atoms with E-state index in [-0.39, 0.29) is 11.3 Å². The van der Waals surface area contributed by atoms with Crippen LogP contribution in [0.3, 0.4) is 0 Å².